The van der Waals surface area contributed by atoms with E-state index in [0.29, 0.717) is 22.2 Å². The number of aliphatic hydroxyl groups excluding tert-OH is 1. The molecule has 2 atom stereocenters. The fourth-order valence-corrected chi connectivity index (χ4v) is 2.07. The maximum Gasteiger partial charge on any atom is 0.260 e. The van der Waals surface area contributed by atoms with Gasteiger partial charge >= 0.3 is 0 Å². The van der Waals surface area contributed by atoms with Gasteiger partial charge in [0.05, 0.1) is 11.1 Å². The van der Waals surface area contributed by atoms with Crippen molar-refractivity contribution in [2.24, 2.45) is 0 Å². The van der Waals surface area contributed by atoms with Gasteiger partial charge in [-0.25, -0.2) is 0 Å². The second-order valence-corrected chi connectivity index (χ2v) is 5.37. The number of amides is 1. The quantitative estimate of drug-likeness (QED) is 0.812. The number of rotatable bonds is 7. The zero-order chi connectivity index (χ0) is 15.1. The highest BCUT2D eigenvalue weighted by Gasteiger charge is 2.17. The van der Waals surface area contributed by atoms with Crippen LogP contribution in [0.2, 0.25) is 10.0 Å². The van der Waals surface area contributed by atoms with Gasteiger partial charge < -0.3 is 15.2 Å². The van der Waals surface area contributed by atoms with Gasteiger partial charge in [-0.3, -0.25) is 4.79 Å². The Morgan fingerprint density at radius 3 is 2.75 bits per heavy atom. The van der Waals surface area contributed by atoms with Crippen LogP contribution in [0.4, 0.5) is 0 Å². The molecular weight excluding hydrogens is 301 g/mol. The molecular formula is C14H19Cl2NO3. The molecule has 1 amide bonds. The summed E-state index contributed by atoms with van der Waals surface area (Å²) in [5.41, 5.74) is 0. The van der Waals surface area contributed by atoms with Crippen LogP contribution in [-0.4, -0.2) is 29.8 Å². The molecule has 6 heteroatoms. The van der Waals surface area contributed by atoms with E-state index in [1.165, 1.54) is 0 Å². The first-order valence-electron chi connectivity index (χ1n) is 6.51. The minimum atomic E-state index is -0.706. The molecule has 0 bridgehead atoms. The molecule has 0 aliphatic heterocycles. The van der Waals surface area contributed by atoms with Crippen molar-refractivity contribution in [3.05, 3.63) is 28.2 Å². The summed E-state index contributed by atoms with van der Waals surface area (Å²) in [6, 6.07) is 4.80. The molecule has 112 valence electrons. The van der Waals surface area contributed by atoms with Crippen molar-refractivity contribution in [2.75, 3.05) is 6.54 Å². The summed E-state index contributed by atoms with van der Waals surface area (Å²) >= 11 is 11.7. The van der Waals surface area contributed by atoms with E-state index in [2.05, 4.69) is 5.32 Å². The molecule has 1 rings (SSSR count). The van der Waals surface area contributed by atoms with Gasteiger partial charge in [-0.1, -0.05) is 36.5 Å². The molecule has 0 heterocycles. The molecule has 2 unspecified atom stereocenters. The van der Waals surface area contributed by atoms with Crippen LogP contribution in [0.15, 0.2) is 18.2 Å². The van der Waals surface area contributed by atoms with Crippen LogP contribution in [0.5, 0.6) is 5.75 Å². The predicted octanol–water partition coefficient (Wildman–Crippen LogP) is 3.04. The molecule has 4 nitrogen and oxygen atoms in total. The summed E-state index contributed by atoms with van der Waals surface area (Å²) in [4.78, 5) is 11.8. The largest absolute Gasteiger partial charge is 0.479 e. The van der Waals surface area contributed by atoms with Crippen molar-refractivity contribution in [1.29, 1.82) is 0 Å². The lowest BCUT2D eigenvalue weighted by molar-refractivity contribution is -0.127. The van der Waals surface area contributed by atoms with Crippen molar-refractivity contribution < 1.29 is 14.6 Å². The first kappa shape index (κ1) is 17.1. The van der Waals surface area contributed by atoms with Crippen LogP contribution < -0.4 is 10.1 Å². The first-order chi connectivity index (χ1) is 9.43. The number of carbonyl (C=O) groups excluding carboxylic acids is 1. The molecule has 2 N–H and O–H groups in total. The van der Waals surface area contributed by atoms with Crippen LogP contribution in [-0.2, 0) is 4.79 Å². The third kappa shape index (κ3) is 5.57. The summed E-state index contributed by atoms with van der Waals surface area (Å²) in [6.45, 7) is 3.81. The molecule has 1 aromatic carbocycles. The van der Waals surface area contributed by atoms with E-state index >= 15 is 0 Å². The standard InChI is InChI=1S/C14H19Cl2NO3/c1-3-4-11(18)8-17-14(19)9(2)20-13-6-5-10(15)7-12(13)16/h5-7,9,11,18H,3-4,8H2,1-2H3,(H,17,19). The fourth-order valence-electron chi connectivity index (χ4n) is 1.61. The van der Waals surface area contributed by atoms with Gasteiger partial charge in [0.25, 0.3) is 5.91 Å². The van der Waals surface area contributed by atoms with Gasteiger partial charge in [-0.05, 0) is 31.5 Å². The molecule has 0 fully saturated rings. The lowest BCUT2D eigenvalue weighted by Crippen LogP contribution is -2.40. The SMILES string of the molecule is CCCC(O)CNC(=O)C(C)Oc1ccc(Cl)cc1Cl. The maximum atomic E-state index is 11.8. The summed E-state index contributed by atoms with van der Waals surface area (Å²) in [5, 5.41) is 13.0. The van der Waals surface area contributed by atoms with E-state index < -0.39 is 12.2 Å². The van der Waals surface area contributed by atoms with E-state index in [4.69, 9.17) is 27.9 Å². The third-order valence-electron chi connectivity index (χ3n) is 2.70. The highest BCUT2D eigenvalue weighted by molar-refractivity contribution is 6.35. The Morgan fingerprint density at radius 2 is 2.15 bits per heavy atom. The monoisotopic (exact) mass is 319 g/mol. The Balaban J connectivity index is 2.49. The number of benzene rings is 1. The van der Waals surface area contributed by atoms with E-state index in [0.717, 1.165) is 6.42 Å². The van der Waals surface area contributed by atoms with Gasteiger partial charge in [0.2, 0.25) is 0 Å². The number of halogens is 2. The summed E-state index contributed by atoms with van der Waals surface area (Å²) < 4.78 is 5.47. The average Bonchev–Trinajstić information content (AvgIpc) is 2.39. The third-order valence-corrected chi connectivity index (χ3v) is 3.23. The summed E-state index contributed by atoms with van der Waals surface area (Å²) in [6.07, 6.45) is 0.278. The van der Waals surface area contributed by atoms with Gasteiger partial charge in [-0.2, -0.15) is 0 Å². The Labute approximate surface area is 129 Å². The first-order valence-corrected chi connectivity index (χ1v) is 7.27. The van der Waals surface area contributed by atoms with Crippen LogP contribution in [0.25, 0.3) is 0 Å². The van der Waals surface area contributed by atoms with Crippen molar-refractivity contribution in [3.63, 3.8) is 0 Å². The van der Waals surface area contributed by atoms with Crippen molar-refractivity contribution in [3.8, 4) is 5.75 Å². The average molecular weight is 320 g/mol. The molecule has 0 saturated heterocycles. The fraction of sp³-hybridized carbons (Fsp3) is 0.500. The second-order valence-electron chi connectivity index (χ2n) is 4.52. The van der Waals surface area contributed by atoms with Crippen LogP contribution >= 0.6 is 23.2 Å². The van der Waals surface area contributed by atoms with Crippen molar-refractivity contribution in [2.45, 2.75) is 38.9 Å². The van der Waals surface area contributed by atoms with Crippen LogP contribution in [0.3, 0.4) is 0 Å². The molecule has 0 aromatic heterocycles. The van der Waals surface area contributed by atoms with E-state index in [-0.39, 0.29) is 12.5 Å². The number of nitrogens with one attached hydrogen (secondary N) is 1. The normalized spacial score (nSPS) is 13.7. The molecule has 1 aromatic rings. The Bertz CT molecular complexity index is 454. The Hall–Kier alpha value is -0.970. The lowest BCUT2D eigenvalue weighted by atomic mass is 10.2. The number of ether oxygens (including phenoxy) is 1. The highest BCUT2D eigenvalue weighted by atomic mass is 35.5. The minimum absolute atomic E-state index is 0.217. The predicted molar refractivity (Wildman–Crippen MR) is 80.5 cm³/mol. The lowest BCUT2D eigenvalue weighted by Gasteiger charge is -2.17. The van der Waals surface area contributed by atoms with Crippen molar-refractivity contribution >= 4 is 29.1 Å². The number of hydrogen-bond donors (Lipinski definition) is 2. The van der Waals surface area contributed by atoms with Gasteiger partial charge in [0, 0.05) is 11.6 Å². The smallest absolute Gasteiger partial charge is 0.260 e. The Morgan fingerprint density at radius 1 is 1.45 bits per heavy atom. The number of hydrogen-bond acceptors (Lipinski definition) is 3. The van der Waals surface area contributed by atoms with Gasteiger partial charge in [0.15, 0.2) is 6.10 Å². The number of carbonyl (C=O) groups is 1. The molecule has 0 aliphatic rings. The van der Waals surface area contributed by atoms with Gasteiger partial charge in [0.1, 0.15) is 5.75 Å². The molecule has 0 spiro atoms. The maximum absolute atomic E-state index is 11.8. The second kappa shape index (κ2) is 8.35. The van der Waals surface area contributed by atoms with Crippen molar-refractivity contribution in [1.82, 2.24) is 5.32 Å². The Kier molecular flexibility index (Phi) is 7.13. The summed E-state index contributed by atoms with van der Waals surface area (Å²) in [5.74, 6) is 0.0963. The molecule has 20 heavy (non-hydrogen) atoms. The molecule has 0 aliphatic carbocycles. The highest BCUT2D eigenvalue weighted by Crippen LogP contribution is 2.28. The van der Waals surface area contributed by atoms with Crippen LogP contribution in [0.1, 0.15) is 26.7 Å². The zero-order valence-electron chi connectivity index (χ0n) is 11.5. The van der Waals surface area contributed by atoms with E-state index in [1.807, 2.05) is 6.92 Å². The summed E-state index contributed by atoms with van der Waals surface area (Å²) in [7, 11) is 0. The van der Waals surface area contributed by atoms with Gasteiger partial charge in [-0.15, -0.1) is 0 Å². The van der Waals surface area contributed by atoms with E-state index in [9.17, 15) is 9.90 Å². The molecule has 0 saturated carbocycles. The number of aliphatic hydroxyl groups is 1. The van der Waals surface area contributed by atoms with E-state index in [1.54, 1.807) is 25.1 Å². The van der Waals surface area contributed by atoms with Crippen LogP contribution in [0, 0.1) is 0 Å². The molecule has 0 radical (unpaired) electrons. The zero-order valence-corrected chi connectivity index (χ0v) is 13.0. The minimum Gasteiger partial charge on any atom is -0.479 e. The topological polar surface area (TPSA) is 58.6 Å².